The first-order valence-electron chi connectivity index (χ1n) is 8.49. The second-order valence-electron chi connectivity index (χ2n) is 6.35. The predicted octanol–water partition coefficient (Wildman–Crippen LogP) is 1.18. The molecule has 3 heterocycles. The summed E-state index contributed by atoms with van der Waals surface area (Å²) in [6.07, 6.45) is 2.81. The molecule has 0 spiro atoms. The van der Waals surface area contributed by atoms with E-state index in [0.717, 1.165) is 55.7 Å². The number of likely N-dealkylation sites (N-methyl/N-ethyl adjacent to an activating group) is 1. The highest BCUT2D eigenvalue weighted by atomic mass is 16.6. The van der Waals surface area contributed by atoms with Crippen LogP contribution in [-0.4, -0.2) is 71.0 Å². The number of rotatable bonds is 3. The van der Waals surface area contributed by atoms with Crippen LogP contribution in [0.15, 0.2) is 24.5 Å². The summed E-state index contributed by atoms with van der Waals surface area (Å²) in [6.45, 7) is 6.40. The smallest absolute Gasteiger partial charge is 0.163 e. The fourth-order valence-electron chi connectivity index (χ4n) is 3.21. The van der Waals surface area contributed by atoms with Crippen LogP contribution >= 0.6 is 0 Å². The third kappa shape index (κ3) is 3.22. The Balaban J connectivity index is 1.54. The fraction of sp³-hybridized carbons (Fsp3) is 0.529. The van der Waals surface area contributed by atoms with Gasteiger partial charge < -0.3 is 14.4 Å². The summed E-state index contributed by atoms with van der Waals surface area (Å²) in [5.41, 5.74) is 0.957. The molecule has 4 rings (SSSR count). The van der Waals surface area contributed by atoms with Gasteiger partial charge in [0, 0.05) is 19.2 Å². The largest absolute Gasteiger partial charge is 0.486 e. The lowest BCUT2D eigenvalue weighted by molar-refractivity contribution is 0.171. The molecule has 7 nitrogen and oxygen atoms in total. The third-order valence-electron chi connectivity index (χ3n) is 4.57. The van der Waals surface area contributed by atoms with Crippen LogP contribution in [0, 0.1) is 0 Å². The Kier molecular flexibility index (Phi) is 4.36. The zero-order valence-corrected chi connectivity index (χ0v) is 14.0. The van der Waals surface area contributed by atoms with Gasteiger partial charge in [0.25, 0.3) is 0 Å². The molecule has 0 radical (unpaired) electrons. The molecule has 0 atom stereocenters. The average molecular weight is 329 g/mol. The maximum atomic E-state index is 5.68. The van der Waals surface area contributed by atoms with Gasteiger partial charge in [-0.15, -0.1) is 0 Å². The fourth-order valence-corrected chi connectivity index (χ4v) is 3.21. The molecule has 128 valence electrons. The first-order valence-corrected chi connectivity index (χ1v) is 8.49. The van der Waals surface area contributed by atoms with Crippen molar-refractivity contribution < 1.29 is 9.47 Å². The number of aromatic nitrogens is 3. The summed E-state index contributed by atoms with van der Waals surface area (Å²) < 4.78 is 13.2. The Labute approximate surface area is 141 Å². The van der Waals surface area contributed by atoms with Gasteiger partial charge in [-0.25, -0.2) is 9.67 Å². The minimum atomic E-state index is 0.585. The van der Waals surface area contributed by atoms with E-state index < -0.39 is 0 Å². The Bertz CT molecular complexity index is 702. The van der Waals surface area contributed by atoms with Gasteiger partial charge in [0.2, 0.25) is 0 Å². The molecule has 2 aliphatic heterocycles. The second-order valence-corrected chi connectivity index (χ2v) is 6.35. The number of nitrogens with zero attached hydrogens (tertiary/aromatic N) is 5. The molecule has 24 heavy (non-hydrogen) atoms. The minimum absolute atomic E-state index is 0.585. The monoisotopic (exact) mass is 329 g/mol. The van der Waals surface area contributed by atoms with E-state index in [2.05, 4.69) is 26.9 Å². The molecule has 1 fully saturated rings. The molecular formula is C17H23N5O2. The Morgan fingerprint density at radius 2 is 1.92 bits per heavy atom. The molecule has 2 aromatic rings. The summed E-state index contributed by atoms with van der Waals surface area (Å²) in [5.74, 6) is 2.52. The van der Waals surface area contributed by atoms with Crippen LogP contribution in [0.25, 0.3) is 5.69 Å². The number of fused-ring (bicyclic) bond motifs is 1. The molecule has 0 bridgehead atoms. The van der Waals surface area contributed by atoms with Crippen LogP contribution in [0.5, 0.6) is 11.5 Å². The van der Waals surface area contributed by atoms with Crippen LogP contribution in [0.4, 0.5) is 0 Å². The van der Waals surface area contributed by atoms with E-state index >= 15 is 0 Å². The highest BCUT2D eigenvalue weighted by molar-refractivity contribution is 5.49. The van der Waals surface area contributed by atoms with Gasteiger partial charge in [-0.2, -0.15) is 5.10 Å². The molecular weight excluding hydrogens is 306 g/mol. The van der Waals surface area contributed by atoms with Crippen LogP contribution in [0.2, 0.25) is 0 Å². The van der Waals surface area contributed by atoms with Crippen molar-refractivity contribution in [2.24, 2.45) is 0 Å². The van der Waals surface area contributed by atoms with Gasteiger partial charge >= 0.3 is 0 Å². The van der Waals surface area contributed by atoms with Crippen molar-refractivity contribution in [2.45, 2.75) is 13.0 Å². The Morgan fingerprint density at radius 3 is 2.83 bits per heavy atom. The average Bonchev–Trinajstić information content (AvgIpc) is 2.97. The highest BCUT2D eigenvalue weighted by Gasteiger charge is 2.17. The van der Waals surface area contributed by atoms with Crippen LogP contribution in [0.3, 0.4) is 0 Å². The normalized spacial score (nSPS) is 19.2. The minimum Gasteiger partial charge on any atom is -0.486 e. The molecule has 0 unspecified atom stereocenters. The highest BCUT2D eigenvalue weighted by Crippen LogP contribution is 2.32. The summed E-state index contributed by atoms with van der Waals surface area (Å²) in [6, 6.07) is 5.92. The van der Waals surface area contributed by atoms with E-state index in [9.17, 15) is 0 Å². The van der Waals surface area contributed by atoms with Gasteiger partial charge in [-0.1, -0.05) is 0 Å². The maximum Gasteiger partial charge on any atom is 0.163 e. The van der Waals surface area contributed by atoms with Crippen molar-refractivity contribution in [3.63, 3.8) is 0 Å². The summed E-state index contributed by atoms with van der Waals surface area (Å²) >= 11 is 0. The lowest BCUT2D eigenvalue weighted by Crippen LogP contribution is -2.29. The maximum absolute atomic E-state index is 5.68. The van der Waals surface area contributed by atoms with E-state index in [0.29, 0.717) is 13.2 Å². The van der Waals surface area contributed by atoms with Gasteiger partial charge in [0.05, 0.1) is 12.2 Å². The molecule has 0 aliphatic carbocycles. The van der Waals surface area contributed by atoms with Crippen LogP contribution in [-0.2, 0) is 6.54 Å². The summed E-state index contributed by atoms with van der Waals surface area (Å²) in [4.78, 5) is 9.30. The molecule has 0 N–H and O–H groups in total. The van der Waals surface area contributed by atoms with Gasteiger partial charge in [0.15, 0.2) is 11.5 Å². The van der Waals surface area contributed by atoms with E-state index in [1.54, 1.807) is 6.33 Å². The molecule has 7 heteroatoms. The molecule has 0 amide bonds. The topological polar surface area (TPSA) is 55.7 Å². The number of hydrogen-bond acceptors (Lipinski definition) is 6. The van der Waals surface area contributed by atoms with E-state index in [4.69, 9.17) is 9.47 Å². The molecule has 2 aliphatic rings. The van der Waals surface area contributed by atoms with Crippen LogP contribution in [0.1, 0.15) is 12.2 Å². The van der Waals surface area contributed by atoms with Crippen molar-refractivity contribution in [1.82, 2.24) is 24.6 Å². The first kappa shape index (κ1) is 15.4. The molecule has 1 aromatic carbocycles. The molecule has 1 aromatic heterocycles. The lowest BCUT2D eigenvalue weighted by Gasteiger charge is -2.21. The number of benzene rings is 1. The van der Waals surface area contributed by atoms with E-state index in [1.165, 1.54) is 6.42 Å². The zero-order chi connectivity index (χ0) is 16.4. The van der Waals surface area contributed by atoms with Crippen LogP contribution < -0.4 is 9.47 Å². The third-order valence-corrected chi connectivity index (χ3v) is 4.57. The number of hydrogen-bond donors (Lipinski definition) is 0. The number of ether oxygens (including phenoxy) is 2. The van der Waals surface area contributed by atoms with Crippen molar-refractivity contribution in [3.05, 3.63) is 30.4 Å². The second kappa shape index (κ2) is 6.78. The van der Waals surface area contributed by atoms with E-state index in [-0.39, 0.29) is 0 Å². The van der Waals surface area contributed by atoms with Crippen molar-refractivity contribution >= 4 is 0 Å². The molecule has 1 saturated heterocycles. The first-order chi connectivity index (χ1) is 11.8. The predicted molar refractivity (Wildman–Crippen MR) is 89.7 cm³/mol. The van der Waals surface area contributed by atoms with E-state index in [1.807, 2.05) is 22.9 Å². The van der Waals surface area contributed by atoms with Crippen molar-refractivity contribution in [3.8, 4) is 17.2 Å². The zero-order valence-electron chi connectivity index (χ0n) is 14.0. The lowest BCUT2D eigenvalue weighted by atomic mass is 10.2. The Morgan fingerprint density at radius 1 is 1.04 bits per heavy atom. The van der Waals surface area contributed by atoms with Crippen molar-refractivity contribution in [2.75, 3.05) is 46.4 Å². The summed E-state index contributed by atoms with van der Waals surface area (Å²) in [5, 5.41) is 4.41. The van der Waals surface area contributed by atoms with Crippen molar-refractivity contribution in [1.29, 1.82) is 0 Å². The van der Waals surface area contributed by atoms with Gasteiger partial charge in [0.1, 0.15) is 25.4 Å². The SMILES string of the molecule is CN1CCCN(Cc2ncnn2-c2ccc3c(c2)OCCO3)CC1. The summed E-state index contributed by atoms with van der Waals surface area (Å²) in [7, 11) is 2.18. The van der Waals surface area contributed by atoms with Gasteiger partial charge in [-0.3, -0.25) is 4.90 Å². The quantitative estimate of drug-likeness (QED) is 0.843. The van der Waals surface area contributed by atoms with Gasteiger partial charge in [-0.05, 0) is 38.7 Å². The standard InChI is InChI=1S/C17H23N5O2/c1-20-5-2-6-21(8-7-20)12-17-18-13-19-22(17)14-3-4-15-16(11-14)24-10-9-23-15/h3-4,11,13H,2,5-10,12H2,1H3. The molecule has 0 saturated carbocycles. The Hall–Kier alpha value is -2.12.